The molecule has 2 atom stereocenters. The van der Waals surface area contributed by atoms with Crippen LogP contribution in [0.3, 0.4) is 0 Å². The van der Waals surface area contributed by atoms with E-state index in [1.54, 1.807) is 0 Å². The molecule has 0 aliphatic rings. The maximum Gasteiger partial charge on any atom is 0.323 e. The lowest BCUT2D eigenvalue weighted by Gasteiger charge is -2.18. The third-order valence-electron chi connectivity index (χ3n) is 2.39. The highest BCUT2D eigenvalue weighted by molar-refractivity contribution is 5.75. The van der Waals surface area contributed by atoms with Gasteiger partial charge >= 0.3 is 5.97 Å². The van der Waals surface area contributed by atoms with E-state index in [1.165, 1.54) is 0 Å². The Balaban J connectivity index is 3.85. The number of nitrogens with one attached hydrogen (secondary N) is 1. The predicted molar refractivity (Wildman–Crippen MR) is 70.6 cm³/mol. The molecule has 5 heteroatoms. The van der Waals surface area contributed by atoms with E-state index in [0.717, 1.165) is 6.54 Å². The molecule has 0 aliphatic carbocycles. The van der Waals surface area contributed by atoms with Crippen LogP contribution in [0, 0.1) is 0 Å². The van der Waals surface area contributed by atoms with Gasteiger partial charge in [-0.2, -0.15) is 0 Å². The van der Waals surface area contributed by atoms with E-state index >= 15 is 0 Å². The van der Waals surface area contributed by atoms with Gasteiger partial charge in [0.15, 0.2) is 0 Å². The fraction of sp³-hybridized carbons (Fsp3) is 0.923. The lowest BCUT2D eigenvalue weighted by atomic mass is 10.2. The molecule has 0 saturated heterocycles. The van der Waals surface area contributed by atoms with Gasteiger partial charge < -0.3 is 19.5 Å². The van der Waals surface area contributed by atoms with Gasteiger partial charge in [0.2, 0.25) is 0 Å². The summed E-state index contributed by atoms with van der Waals surface area (Å²) < 4.78 is 15.8. The summed E-state index contributed by atoms with van der Waals surface area (Å²) in [6.07, 6.45) is 0.665. The summed E-state index contributed by atoms with van der Waals surface area (Å²) in [6, 6.07) is -0.283. The minimum absolute atomic E-state index is 0.0504. The van der Waals surface area contributed by atoms with Crippen molar-refractivity contribution in [2.45, 2.75) is 46.3 Å². The second kappa shape index (κ2) is 11.4. The van der Waals surface area contributed by atoms with Crippen LogP contribution >= 0.6 is 0 Å². The maximum absolute atomic E-state index is 11.6. The van der Waals surface area contributed by atoms with E-state index in [-0.39, 0.29) is 18.1 Å². The van der Waals surface area contributed by atoms with E-state index in [0.29, 0.717) is 32.8 Å². The Morgan fingerprint density at radius 2 is 1.94 bits per heavy atom. The summed E-state index contributed by atoms with van der Waals surface area (Å²) in [5.74, 6) is -0.208. The molecule has 0 aromatic carbocycles. The fourth-order valence-electron chi connectivity index (χ4n) is 1.51. The summed E-state index contributed by atoms with van der Waals surface area (Å²) in [4.78, 5) is 11.6. The average molecular weight is 261 g/mol. The van der Waals surface area contributed by atoms with Crippen LogP contribution in [-0.4, -0.2) is 51.1 Å². The largest absolute Gasteiger partial charge is 0.465 e. The van der Waals surface area contributed by atoms with Crippen LogP contribution < -0.4 is 5.32 Å². The quantitative estimate of drug-likeness (QED) is 0.569. The third-order valence-corrected chi connectivity index (χ3v) is 2.39. The van der Waals surface area contributed by atoms with Crippen LogP contribution in [-0.2, 0) is 19.0 Å². The number of esters is 1. The van der Waals surface area contributed by atoms with Crippen LogP contribution in [0.2, 0.25) is 0 Å². The van der Waals surface area contributed by atoms with E-state index in [9.17, 15) is 4.79 Å². The first-order valence-electron chi connectivity index (χ1n) is 6.74. The van der Waals surface area contributed by atoms with Crippen LogP contribution in [0.4, 0.5) is 0 Å². The molecule has 2 unspecified atom stereocenters. The molecule has 5 nitrogen and oxygen atoms in total. The van der Waals surface area contributed by atoms with Gasteiger partial charge in [0, 0.05) is 13.2 Å². The number of hydrogen-bond acceptors (Lipinski definition) is 5. The molecule has 0 amide bonds. The van der Waals surface area contributed by atoms with E-state index in [2.05, 4.69) is 5.32 Å². The minimum Gasteiger partial charge on any atom is -0.465 e. The van der Waals surface area contributed by atoms with Gasteiger partial charge in [-0.25, -0.2) is 0 Å². The number of hydrogen-bond donors (Lipinski definition) is 1. The molecular formula is C13H27NO4. The van der Waals surface area contributed by atoms with Gasteiger partial charge in [-0.05, 0) is 33.7 Å². The second-order valence-corrected chi connectivity index (χ2v) is 3.99. The molecule has 1 N–H and O–H groups in total. The van der Waals surface area contributed by atoms with Crippen LogP contribution in [0.25, 0.3) is 0 Å². The zero-order chi connectivity index (χ0) is 13.8. The topological polar surface area (TPSA) is 56.8 Å². The highest BCUT2D eigenvalue weighted by atomic mass is 16.5. The first-order valence-corrected chi connectivity index (χ1v) is 6.74. The molecule has 108 valence electrons. The molecule has 0 spiro atoms. The first kappa shape index (κ1) is 17.4. The number of carbonyl (C=O) groups is 1. The van der Waals surface area contributed by atoms with Crippen molar-refractivity contribution in [2.24, 2.45) is 0 Å². The molecule has 0 rings (SSSR count). The standard InChI is InChI=1S/C13H27NO4/c1-5-14-12(13(15)17-7-3)8-9-18-11(4)10-16-6-2/h11-12,14H,5-10H2,1-4H3. The highest BCUT2D eigenvalue weighted by Gasteiger charge is 2.18. The smallest absolute Gasteiger partial charge is 0.323 e. The molecule has 18 heavy (non-hydrogen) atoms. The van der Waals surface area contributed by atoms with Crippen molar-refractivity contribution in [3.8, 4) is 0 Å². The van der Waals surface area contributed by atoms with E-state index in [4.69, 9.17) is 14.2 Å². The predicted octanol–water partition coefficient (Wildman–Crippen LogP) is 1.36. The highest BCUT2D eigenvalue weighted by Crippen LogP contribution is 2.00. The monoisotopic (exact) mass is 261 g/mol. The Morgan fingerprint density at radius 3 is 2.50 bits per heavy atom. The summed E-state index contributed by atoms with van der Waals surface area (Å²) in [7, 11) is 0. The first-order chi connectivity index (χ1) is 8.65. The van der Waals surface area contributed by atoms with Crippen LogP contribution in [0.5, 0.6) is 0 Å². The van der Waals surface area contributed by atoms with Gasteiger partial charge in [-0.15, -0.1) is 0 Å². The normalized spacial score (nSPS) is 14.2. The van der Waals surface area contributed by atoms with Crippen molar-refractivity contribution in [3.63, 3.8) is 0 Å². The Labute approximate surface area is 110 Å². The van der Waals surface area contributed by atoms with Crippen LogP contribution in [0.1, 0.15) is 34.1 Å². The van der Waals surface area contributed by atoms with E-state index < -0.39 is 0 Å². The molecule has 0 aromatic rings. The van der Waals surface area contributed by atoms with Crippen molar-refractivity contribution >= 4 is 5.97 Å². The number of rotatable bonds is 11. The van der Waals surface area contributed by atoms with Crippen molar-refractivity contribution in [1.29, 1.82) is 0 Å². The fourth-order valence-corrected chi connectivity index (χ4v) is 1.51. The Morgan fingerprint density at radius 1 is 1.22 bits per heavy atom. The van der Waals surface area contributed by atoms with Gasteiger partial charge in [0.1, 0.15) is 6.04 Å². The van der Waals surface area contributed by atoms with Crippen molar-refractivity contribution in [3.05, 3.63) is 0 Å². The number of carbonyl (C=O) groups excluding carboxylic acids is 1. The molecule has 0 fully saturated rings. The Bertz CT molecular complexity index is 211. The molecule has 0 saturated carbocycles. The molecule has 0 heterocycles. The summed E-state index contributed by atoms with van der Waals surface area (Å²) in [5, 5.41) is 3.10. The van der Waals surface area contributed by atoms with Crippen molar-refractivity contribution in [1.82, 2.24) is 5.32 Å². The average Bonchev–Trinajstić information content (AvgIpc) is 2.35. The third kappa shape index (κ3) is 8.44. The summed E-state index contributed by atoms with van der Waals surface area (Å²) in [6.45, 7) is 10.6. The maximum atomic E-state index is 11.6. The van der Waals surface area contributed by atoms with Gasteiger partial charge in [-0.3, -0.25) is 4.79 Å². The second-order valence-electron chi connectivity index (χ2n) is 3.99. The molecular weight excluding hydrogens is 234 g/mol. The molecule has 0 radical (unpaired) electrons. The lowest BCUT2D eigenvalue weighted by molar-refractivity contribution is -0.146. The zero-order valence-corrected chi connectivity index (χ0v) is 12.0. The minimum atomic E-state index is -0.283. The molecule has 0 bridgehead atoms. The van der Waals surface area contributed by atoms with Crippen molar-refractivity contribution < 1.29 is 19.0 Å². The SMILES string of the molecule is CCNC(CCOC(C)COCC)C(=O)OCC. The van der Waals surface area contributed by atoms with Gasteiger partial charge in [0.05, 0.1) is 19.3 Å². The molecule has 0 aliphatic heterocycles. The van der Waals surface area contributed by atoms with Crippen LogP contribution in [0.15, 0.2) is 0 Å². The Hall–Kier alpha value is -0.650. The van der Waals surface area contributed by atoms with Gasteiger partial charge in [0.25, 0.3) is 0 Å². The van der Waals surface area contributed by atoms with E-state index in [1.807, 2.05) is 27.7 Å². The zero-order valence-electron chi connectivity index (χ0n) is 12.0. The number of likely N-dealkylation sites (N-methyl/N-ethyl adjacent to an activating group) is 1. The summed E-state index contributed by atoms with van der Waals surface area (Å²) in [5.41, 5.74) is 0. The number of ether oxygens (including phenoxy) is 3. The lowest BCUT2D eigenvalue weighted by Crippen LogP contribution is -2.39. The Kier molecular flexibility index (Phi) is 11.0. The van der Waals surface area contributed by atoms with Gasteiger partial charge in [-0.1, -0.05) is 6.92 Å². The summed E-state index contributed by atoms with van der Waals surface area (Å²) >= 11 is 0. The molecule has 0 aromatic heterocycles. The van der Waals surface area contributed by atoms with Crippen molar-refractivity contribution in [2.75, 3.05) is 33.0 Å².